The third-order valence-corrected chi connectivity index (χ3v) is 4.11. The van der Waals surface area contributed by atoms with Gasteiger partial charge in [-0.25, -0.2) is 4.98 Å². The maximum Gasteiger partial charge on any atom is 0.266 e. The minimum absolute atomic E-state index is 0.0659. The van der Waals surface area contributed by atoms with E-state index in [1.54, 1.807) is 10.9 Å². The first kappa shape index (κ1) is 13.3. The van der Waals surface area contributed by atoms with Crippen LogP contribution in [-0.4, -0.2) is 9.55 Å². The zero-order chi connectivity index (χ0) is 13.0. The summed E-state index contributed by atoms with van der Waals surface area (Å²) in [5.41, 5.74) is 2.18. The second-order valence-corrected chi connectivity index (χ2v) is 5.31. The molecule has 1 aromatic carbocycles. The first-order valence-corrected chi connectivity index (χ1v) is 7.02. The van der Waals surface area contributed by atoms with Crippen molar-refractivity contribution < 1.29 is 0 Å². The molecule has 0 N–H and O–H groups in total. The maximum atomic E-state index is 11.9. The summed E-state index contributed by atoms with van der Waals surface area (Å²) in [5, 5.41) is 0. The second kappa shape index (κ2) is 6.13. The second-order valence-electron chi connectivity index (χ2n) is 4.23. The smallest absolute Gasteiger partial charge is 0.266 e. The van der Waals surface area contributed by atoms with E-state index in [2.05, 4.69) is 39.7 Å². The Hall–Kier alpha value is -1.17. The first-order chi connectivity index (χ1) is 8.68. The highest BCUT2D eigenvalue weighted by Gasteiger charge is 2.04. The van der Waals surface area contributed by atoms with E-state index in [0.29, 0.717) is 0 Å². The Kier molecular flexibility index (Phi) is 4.52. The summed E-state index contributed by atoms with van der Waals surface area (Å²) in [6.07, 6.45) is 3.58. The minimum Gasteiger partial charge on any atom is -0.298 e. The standard InChI is InChI=1S/C14H15IN2O/c1-11-13(15)14(18)17(10-16-11)9-5-8-12-6-3-2-4-7-12/h2-4,6-7,10H,5,8-9H2,1H3. The van der Waals surface area contributed by atoms with Crippen LogP contribution in [-0.2, 0) is 13.0 Å². The van der Waals surface area contributed by atoms with E-state index in [9.17, 15) is 4.79 Å². The van der Waals surface area contributed by atoms with Crippen molar-refractivity contribution in [2.45, 2.75) is 26.3 Å². The highest BCUT2D eigenvalue weighted by molar-refractivity contribution is 14.1. The van der Waals surface area contributed by atoms with Crippen molar-refractivity contribution in [3.63, 3.8) is 0 Å². The molecular formula is C14H15IN2O. The van der Waals surface area contributed by atoms with E-state index in [4.69, 9.17) is 0 Å². The molecule has 0 fully saturated rings. The van der Waals surface area contributed by atoms with Gasteiger partial charge in [-0.3, -0.25) is 9.36 Å². The summed E-state index contributed by atoms with van der Waals surface area (Å²) >= 11 is 2.06. The molecule has 3 nitrogen and oxygen atoms in total. The van der Waals surface area contributed by atoms with Crippen LogP contribution < -0.4 is 5.56 Å². The van der Waals surface area contributed by atoms with Crippen LogP contribution in [0.1, 0.15) is 17.7 Å². The average molecular weight is 354 g/mol. The van der Waals surface area contributed by atoms with E-state index in [0.717, 1.165) is 28.7 Å². The van der Waals surface area contributed by atoms with Crippen LogP contribution >= 0.6 is 22.6 Å². The zero-order valence-corrected chi connectivity index (χ0v) is 12.4. The normalized spacial score (nSPS) is 10.6. The molecule has 0 bridgehead atoms. The predicted molar refractivity (Wildman–Crippen MR) is 80.7 cm³/mol. The van der Waals surface area contributed by atoms with Crippen molar-refractivity contribution in [3.05, 3.63) is 61.8 Å². The van der Waals surface area contributed by atoms with Gasteiger partial charge >= 0.3 is 0 Å². The quantitative estimate of drug-likeness (QED) is 0.792. The van der Waals surface area contributed by atoms with Crippen LogP contribution in [0.3, 0.4) is 0 Å². The number of aromatic nitrogens is 2. The number of benzene rings is 1. The molecule has 1 aromatic heterocycles. The van der Waals surface area contributed by atoms with E-state index >= 15 is 0 Å². The fraction of sp³-hybridized carbons (Fsp3) is 0.286. The number of nitrogens with zero attached hydrogens (tertiary/aromatic N) is 2. The lowest BCUT2D eigenvalue weighted by molar-refractivity contribution is 0.606. The van der Waals surface area contributed by atoms with Gasteiger partial charge in [-0.15, -0.1) is 0 Å². The van der Waals surface area contributed by atoms with Crippen LogP contribution in [0.4, 0.5) is 0 Å². The molecule has 0 amide bonds. The van der Waals surface area contributed by atoms with Crippen molar-refractivity contribution in [1.82, 2.24) is 9.55 Å². The molecule has 4 heteroatoms. The van der Waals surface area contributed by atoms with Gasteiger partial charge in [0, 0.05) is 6.54 Å². The number of hydrogen-bond donors (Lipinski definition) is 0. The number of halogens is 1. The summed E-state index contributed by atoms with van der Waals surface area (Å²) in [5.74, 6) is 0. The van der Waals surface area contributed by atoms with Gasteiger partial charge in [0.2, 0.25) is 0 Å². The minimum atomic E-state index is 0.0659. The van der Waals surface area contributed by atoms with Crippen LogP contribution in [0.2, 0.25) is 0 Å². The Morgan fingerprint density at radius 2 is 2.00 bits per heavy atom. The highest BCUT2D eigenvalue weighted by Crippen LogP contribution is 2.05. The van der Waals surface area contributed by atoms with E-state index in [1.807, 2.05) is 25.1 Å². The van der Waals surface area contributed by atoms with Gasteiger partial charge in [-0.1, -0.05) is 30.3 Å². The van der Waals surface area contributed by atoms with Gasteiger partial charge in [0.15, 0.2) is 0 Å². The topological polar surface area (TPSA) is 34.9 Å². The molecule has 0 aliphatic rings. The molecule has 2 aromatic rings. The number of rotatable bonds is 4. The van der Waals surface area contributed by atoms with Crippen LogP contribution in [0.25, 0.3) is 0 Å². The molecule has 0 saturated carbocycles. The van der Waals surface area contributed by atoms with Crippen molar-refractivity contribution in [2.24, 2.45) is 0 Å². The van der Waals surface area contributed by atoms with Crippen LogP contribution in [0.15, 0.2) is 41.5 Å². The molecule has 0 radical (unpaired) electrons. The van der Waals surface area contributed by atoms with Gasteiger partial charge in [-0.05, 0) is 47.9 Å². The summed E-state index contributed by atoms with van der Waals surface area (Å²) in [6.45, 7) is 2.58. The van der Waals surface area contributed by atoms with Gasteiger partial charge in [-0.2, -0.15) is 0 Å². The van der Waals surface area contributed by atoms with Gasteiger partial charge in [0.1, 0.15) is 0 Å². The first-order valence-electron chi connectivity index (χ1n) is 5.94. The monoisotopic (exact) mass is 354 g/mol. The van der Waals surface area contributed by atoms with Crippen molar-refractivity contribution >= 4 is 22.6 Å². The third kappa shape index (κ3) is 3.19. The lowest BCUT2D eigenvalue weighted by Crippen LogP contribution is -2.24. The molecule has 2 rings (SSSR count). The maximum absolute atomic E-state index is 11.9. The summed E-state index contributed by atoms with van der Waals surface area (Å²) < 4.78 is 2.41. The van der Waals surface area contributed by atoms with Gasteiger partial charge in [0.05, 0.1) is 15.6 Å². The lowest BCUT2D eigenvalue weighted by Gasteiger charge is -2.06. The zero-order valence-electron chi connectivity index (χ0n) is 10.3. The largest absolute Gasteiger partial charge is 0.298 e. The Labute approximate surface area is 120 Å². The summed E-state index contributed by atoms with van der Waals surface area (Å²) in [4.78, 5) is 16.2. The highest BCUT2D eigenvalue weighted by atomic mass is 127. The van der Waals surface area contributed by atoms with Gasteiger partial charge in [0.25, 0.3) is 5.56 Å². The Morgan fingerprint density at radius 1 is 1.28 bits per heavy atom. The predicted octanol–water partition coefficient (Wildman–Crippen LogP) is 2.79. The fourth-order valence-electron chi connectivity index (χ4n) is 1.80. The van der Waals surface area contributed by atoms with E-state index in [-0.39, 0.29) is 5.56 Å². The molecule has 0 spiro atoms. The average Bonchev–Trinajstić information content (AvgIpc) is 2.40. The molecule has 0 atom stereocenters. The molecule has 94 valence electrons. The summed E-state index contributed by atoms with van der Waals surface area (Å²) in [6, 6.07) is 10.3. The fourth-order valence-corrected chi connectivity index (χ4v) is 2.25. The molecule has 0 unspecified atom stereocenters. The molecule has 1 heterocycles. The van der Waals surface area contributed by atoms with E-state index in [1.165, 1.54) is 5.56 Å². The number of hydrogen-bond acceptors (Lipinski definition) is 2. The lowest BCUT2D eigenvalue weighted by atomic mass is 10.1. The number of aryl methyl sites for hydroxylation is 3. The van der Waals surface area contributed by atoms with Crippen molar-refractivity contribution in [3.8, 4) is 0 Å². The van der Waals surface area contributed by atoms with Crippen LogP contribution in [0.5, 0.6) is 0 Å². The third-order valence-electron chi connectivity index (χ3n) is 2.86. The van der Waals surface area contributed by atoms with E-state index < -0.39 is 0 Å². The van der Waals surface area contributed by atoms with Gasteiger partial charge < -0.3 is 0 Å². The Balaban J connectivity index is 1.99. The molecular weight excluding hydrogens is 339 g/mol. The van der Waals surface area contributed by atoms with Crippen molar-refractivity contribution in [2.75, 3.05) is 0 Å². The van der Waals surface area contributed by atoms with Crippen LogP contribution in [0, 0.1) is 10.5 Å². The molecule has 0 saturated heterocycles. The Bertz CT molecular complexity index is 578. The Morgan fingerprint density at radius 3 is 2.72 bits per heavy atom. The molecule has 18 heavy (non-hydrogen) atoms. The van der Waals surface area contributed by atoms with Crippen molar-refractivity contribution in [1.29, 1.82) is 0 Å². The molecule has 0 aliphatic heterocycles. The SMILES string of the molecule is Cc1ncn(CCCc2ccccc2)c(=O)c1I. The summed E-state index contributed by atoms with van der Waals surface area (Å²) in [7, 11) is 0. The molecule has 0 aliphatic carbocycles.